The van der Waals surface area contributed by atoms with Crippen molar-refractivity contribution < 1.29 is 28.8 Å². The lowest BCUT2D eigenvalue weighted by Gasteiger charge is -2.35. The molecule has 4 fully saturated rings. The molecule has 1 aromatic carbocycles. The first-order valence-electron chi connectivity index (χ1n) is 8.05. The molecule has 1 N–H and O–H groups in total. The van der Waals surface area contributed by atoms with Gasteiger partial charge in [0, 0.05) is 0 Å². The molecule has 23 heavy (non-hydrogen) atoms. The molecule has 1 aromatic rings. The molecule has 124 valence electrons. The van der Waals surface area contributed by atoms with Gasteiger partial charge in [-0.15, -0.1) is 0 Å². The number of hydrogen-bond acceptors (Lipinski definition) is 6. The Morgan fingerprint density at radius 1 is 0.957 bits per heavy atom. The zero-order chi connectivity index (χ0) is 15.8. The quantitative estimate of drug-likeness (QED) is 0.824. The number of aliphatic hydroxyl groups excluding tert-OH is 1. The Hall–Kier alpha value is -1.02. The van der Waals surface area contributed by atoms with Gasteiger partial charge in [0.05, 0.1) is 6.61 Å². The van der Waals surface area contributed by atoms with Crippen LogP contribution in [0, 0.1) is 0 Å². The highest BCUT2D eigenvalue weighted by molar-refractivity contribution is 5.31. The zero-order valence-corrected chi connectivity index (χ0v) is 13.0. The first-order valence-corrected chi connectivity index (χ1v) is 8.05. The van der Waals surface area contributed by atoms with Crippen LogP contribution in [0.3, 0.4) is 0 Å². The van der Waals surface area contributed by atoms with Crippen molar-refractivity contribution in [1.82, 2.24) is 0 Å². The van der Waals surface area contributed by atoms with Crippen molar-refractivity contribution in [3.05, 3.63) is 35.9 Å². The van der Waals surface area contributed by atoms with Crippen molar-refractivity contribution in [2.75, 3.05) is 6.61 Å². The van der Waals surface area contributed by atoms with E-state index in [9.17, 15) is 5.11 Å². The summed E-state index contributed by atoms with van der Waals surface area (Å²) in [6, 6.07) is 9.93. The molecule has 0 radical (unpaired) electrons. The van der Waals surface area contributed by atoms with Gasteiger partial charge in [-0.3, -0.25) is 0 Å². The van der Waals surface area contributed by atoms with Gasteiger partial charge in [-0.2, -0.15) is 0 Å². The standard InChI is InChI=1S/C17H20O6/c1-16(2)21-14-15(23-16)20-12-10(8-18)19-11(13-17(12,14)22-13)9-6-4-3-5-7-9/h3-7,10-15,18H,8H2,1-2H3/t10?,11?,12-,13?,14?,15-,17?/m1/s1. The van der Waals surface area contributed by atoms with Gasteiger partial charge < -0.3 is 28.8 Å². The highest BCUT2D eigenvalue weighted by Gasteiger charge is 2.81. The van der Waals surface area contributed by atoms with Crippen molar-refractivity contribution in [1.29, 1.82) is 0 Å². The highest BCUT2D eigenvalue weighted by Crippen LogP contribution is 2.63. The van der Waals surface area contributed by atoms with Crippen LogP contribution in [0.15, 0.2) is 30.3 Å². The van der Waals surface area contributed by atoms with Crippen LogP contribution in [0.2, 0.25) is 0 Å². The molecule has 6 heteroatoms. The summed E-state index contributed by atoms with van der Waals surface area (Å²) in [7, 11) is 0. The lowest BCUT2D eigenvalue weighted by Crippen LogP contribution is -2.53. The lowest BCUT2D eigenvalue weighted by molar-refractivity contribution is -0.235. The fourth-order valence-corrected chi connectivity index (χ4v) is 4.23. The summed E-state index contributed by atoms with van der Waals surface area (Å²) < 4.78 is 30.1. The zero-order valence-electron chi connectivity index (χ0n) is 13.0. The third kappa shape index (κ3) is 1.85. The molecule has 5 rings (SSSR count). The van der Waals surface area contributed by atoms with Gasteiger partial charge in [0.25, 0.3) is 0 Å². The highest BCUT2D eigenvalue weighted by atomic mass is 16.9. The molecule has 4 aliphatic rings. The predicted molar refractivity (Wildman–Crippen MR) is 77.4 cm³/mol. The van der Waals surface area contributed by atoms with Crippen LogP contribution in [0.1, 0.15) is 25.5 Å². The molecule has 0 aromatic heterocycles. The molecular weight excluding hydrogens is 300 g/mol. The number of aliphatic hydroxyl groups is 1. The van der Waals surface area contributed by atoms with E-state index in [1.807, 2.05) is 44.2 Å². The van der Waals surface area contributed by atoms with Gasteiger partial charge in [0.1, 0.15) is 30.5 Å². The number of rotatable bonds is 2. The van der Waals surface area contributed by atoms with Crippen LogP contribution in [0.5, 0.6) is 0 Å². The summed E-state index contributed by atoms with van der Waals surface area (Å²) in [5.41, 5.74) is 0.442. The van der Waals surface area contributed by atoms with Gasteiger partial charge in [-0.05, 0) is 19.4 Å². The van der Waals surface area contributed by atoms with E-state index in [1.165, 1.54) is 0 Å². The normalized spacial score (nSPS) is 49.3. The second-order valence-electron chi connectivity index (χ2n) is 7.06. The van der Waals surface area contributed by atoms with Crippen molar-refractivity contribution in [2.24, 2.45) is 0 Å². The van der Waals surface area contributed by atoms with Crippen molar-refractivity contribution in [3.8, 4) is 0 Å². The average molecular weight is 320 g/mol. The first kappa shape index (κ1) is 14.3. The Kier molecular flexibility index (Phi) is 2.83. The summed E-state index contributed by atoms with van der Waals surface area (Å²) in [6.07, 6.45) is -1.99. The molecule has 1 spiro atoms. The molecular formula is C17H20O6. The second-order valence-corrected chi connectivity index (χ2v) is 7.06. The third-order valence-electron chi connectivity index (χ3n) is 5.19. The van der Waals surface area contributed by atoms with E-state index in [0.717, 1.165) is 5.56 Å². The SMILES string of the molecule is CC1(C)OC2[C@H](O[C@@H]3C(CO)OC(c4ccccc4)C4OC423)O1. The third-order valence-corrected chi connectivity index (χ3v) is 5.19. The van der Waals surface area contributed by atoms with Gasteiger partial charge in [0.2, 0.25) is 0 Å². The smallest absolute Gasteiger partial charge is 0.190 e. The van der Waals surface area contributed by atoms with E-state index in [1.54, 1.807) is 0 Å². The van der Waals surface area contributed by atoms with E-state index in [4.69, 9.17) is 23.7 Å². The summed E-state index contributed by atoms with van der Waals surface area (Å²) in [6.45, 7) is 3.61. The fourth-order valence-electron chi connectivity index (χ4n) is 4.23. The molecule has 0 bridgehead atoms. The van der Waals surface area contributed by atoms with Crippen LogP contribution in [0.4, 0.5) is 0 Å². The number of ether oxygens (including phenoxy) is 5. The van der Waals surface area contributed by atoms with Crippen LogP contribution in [-0.2, 0) is 23.7 Å². The van der Waals surface area contributed by atoms with Crippen LogP contribution >= 0.6 is 0 Å². The Bertz CT molecular complexity index is 619. The number of hydrogen-bond donors (Lipinski definition) is 1. The maximum absolute atomic E-state index is 9.76. The minimum absolute atomic E-state index is 0.130. The summed E-state index contributed by atoms with van der Waals surface area (Å²) in [4.78, 5) is 0. The van der Waals surface area contributed by atoms with E-state index in [2.05, 4.69) is 0 Å². The number of benzene rings is 1. The van der Waals surface area contributed by atoms with Crippen molar-refractivity contribution in [3.63, 3.8) is 0 Å². The van der Waals surface area contributed by atoms with Crippen LogP contribution in [-0.4, -0.2) is 53.8 Å². The van der Waals surface area contributed by atoms with E-state index < -0.39 is 23.8 Å². The molecule has 0 aliphatic carbocycles. The molecule has 7 atom stereocenters. The maximum atomic E-state index is 9.76. The minimum Gasteiger partial charge on any atom is -0.394 e. The van der Waals surface area contributed by atoms with Gasteiger partial charge >= 0.3 is 0 Å². The number of fused-ring (bicyclic) bond motifs is 1. The topological polar surface area (TPSA) is 69.7 Å². The van der Waals surface area contributed by atoms with Gasteiger partial charge in [-0.1, -0.05) is 30.3 Å². The molecule has 4 heterocycles. The summed E-state index contributed by atoms with van der Waals surface area (Å²) in [5.74, 6) is -0.694. The first-order chi connectivity index (χ1) is 11.0. The van der Waals surface area contributed by atoms with Gasteiger partial charge in [-0.25, -0.2) is 0 Å². The Balaban J connectivity index is 1.51. The largest absolute Gasteiger partial charge is 0.394 e. The van der Waals surface area contributed by atoms with E-state index >= 15 is 0 Å². The van der Waals surface area contributed by atoms with Crippen LogP contribution < -0.4 is 0 Å². The monoisotopic (exact) mass is 320 g/mol. The van der Waals surface area contributed by atoms with Crippen molar-refractivity contribution in [2.45, 2.75) is 62.0 Å². The molecule has 4 saturated heterocycles. The molecule has 0 saturated carbocycles. The Labute approximate surface area is 134 Å². The molecule has 4 aliphatic heterocycles. The molecule has 0 amide bonds. The average Bonchev–Trinajstić information content (AvgIpc) is 3.13. The number of epoxide rings is 1. The van der Waals surface area contributed by atoms with E-state index in [-0.39, 0.29) is 31.0 Å². The molecule has 6 nitrogen and oxygen atoms in total. The maximum Gasteiger partial charge on any atom is 0.190 e. The summed E-state index contributed by atoms with van der Waals surface area (Å²) in [5, 5.41) is 9.76. The second kappa shape index (κ2) is 4.53. The van der Waals surface area contributed by atoms with Crippen LogP contribution in [0.25, 0.3) is 0 Å². The minimum atomic E-state index is -0.694. The fraction of sp³-hybridized carbons (Fsp3) is 0.647. The summed E-state index contributed by atoms with van der Waals surface area (Å²) >= 11 is 0. The Morgan fingerprint density at radius 2 is 1.74 bits per heavy atom. The van der Waals surface area contributed by atoms with Gasteiger partial charge in [0.15, 0.2) is 17.7 Å². The lowest BCUT2D eigenvalue weighted by atomic mass is 9.84. The predicted octanol–water partition coefficient (Wildman–Crippen LogP) is 1.13. The van der Waals surface area contributed by atoms with Crippen molar-refractivity contribution >= 4 is 0 Å². The Morgan fingerprint density at radius 3 is 2.48 bits per heavy atom. The van der Waals surface area contributed by atoms with E-state index in [0.29, 0.717) is 0 Å². The molecule has 5 unspecified atom stereocenters.